The summed E-state index contributed by atoms with van der Waals surface area (Å²) in [6, 6.07) is 0. The van der Waals surface area contributed by atoms with Gasteiger partial charge in [-0.15, -0.1) is 0 Å². The molecule has 0 saturated heterocycles. The quantitative estimate of drug-likeness (QED) is 0.601. The predicted octanol–water partition coefficient (Wildman–Crippen LogP) is 1.33. The van der Waals surface area contributed by atoms with Crippen LogP contribution in [0.5, 0.6) is 0 Å². The summed E-state index contributed by atoms with van der Waals surface area (Å²) in [6.45, 7) is 1.86. The monoisotopic (exact) mass is 144 g/mol. The number of hydrogen-bond donors (Lipinski definition) is 1. The van der Waals surface area contributed by atoms with E-state index in [1.165, 1.54) is 6.42 Å². The van der Waals surface area contributed by atoms with Gasteiger partial charge in [0.1, 0.15) is 0 Å². The van der Waals surface area contributed by atoms with Gasteiger partial charge >= 0.3 is 0 Å². The highest BCUT2D eigenvalue weighted by Crippen LogP contribution is 2.29. The molecule has 1 aliphatic carbocycles. The Morgan fingerprint density at radius 2 is 2.20 bits per heavy atom. The van der Waals surface area contributed by atoms with Gasteiger partial charge in [0.25, 0.3) is 0 Å². The van der Waals surface area contributed by atoms with Gasteiger partial charge in [-0.2, -0.15) is 0 Å². The molecule has 0 heterocycles. The first-order chi connectivity index (χ1) is 4.67. The lowest BCUT2D eigenvalue weighted by molar-refractivity contribution is -0.104. The summed E-state index contributed by atoms with van der Waals surface area (Å²) in [5, 5.41) is 9.71. The summed E-state index contributed by atoms with van der Waals surface area (Å²) in [5.74, 6) is 0. The van der Waals surface area contributed by atoms with Crippen molar-refractivity contribution in [2.75, 3.05) is 7.11 Å². The average molecular weight is 144 g/mol. The van der Waals surface area contributed by atoms with E-state index in [1.807, 2.05) is 6.92 Å². The van der Waals surface area contributed by atoms with Crippen molar-refractivity contribution in [2.24, 2.45) is 0 Å². The van der Waals surface area contributed by atoms with Gasteiger partial charge in [0, 0.05) is 7.11 Å². The van der Waals surface area contributed by atoms with Gasteiger partial charge in [0.15, 0.2) is 0 Å². The summed E-state index contributed by atoms with van der Waals surface area (Å²) in [5.41, 5.74) is -0.576. The lowest BCUT2D eigenvalue weighted by atomic mass is 9.84. The number of methoxy groups -OCH3 is 1. The molecule has 0 unspecified atom stereocenters. The first kappa shape index (κ1) is 8.02. The molecule has 0 bridgehead atoms. The van der Waals surface area contributed by atoms with Gasteiger partial charge in [-0.05, 0) is 19.8 Å². The maximum atomic E-state index is 9.71. The lowest BCUT2D eigenvalue weighted by Gasteiger charge is -2.35. The molecule has 60 valence electrons. The summed E-state index contributed by atoms with van der Waals surface area (Å²) in [7, 11) is 1.67. The Hall–Kier alpha value is -0.0800. The van der Waals surface area contributed by atoms with Crippen LogP contribution in [-0.2, 0) is 4.74 Å². The van der Waals surface area contributed by atoms with Crippen LogP contribution in [0.4, 0.5) is 0 Å². The van der Waals surface area contributed by atoms with Gasteiger partial charge in [-0.1, -0.05) is 12.8 Å². The molecule has 2 atom stereocenters. The minimum Gasteiger partial charge on any atom is -0.387 e. The SMILES string of the molecule is CO[C@H]1CCCC[C@]1(C)O. The molecule has 0 aromatic rings. The molecule has 1 aliphatic rings. The van der Waals surface area contributed by atoms with Gasteiger partial charge in [0.05, 0.1) is 11.7 Å². The minimum atomic E-state index is -0.576. The van der Waals surface area contributed by atoms with E-state index in [0.717, 1.165) is 19.3 Å². The van der Waals surface area contributed by atoms with Crippen molar-refractivity contribution in [3.05, 3.63) is 0 Å². The van der Waals surface area contributed by atoms with Crippen LogP contribution in [0.2, 0.25) is 0 Å². The van der Waals surface area contributed by atoms with Crippen molar-refractivity contribution in [1.82, 2.24) is 0 Å². The van der Waals surface area contributed by atoms with E-state index in [9.17, 15) is 5.11 Å². The molecule has 0 aliphatic heterocycles. The van der Waals surface area contributed by atoms with Gasteiger partial charge in [-0.25, -0.2) is 0 Å². The molecule has 2 nitrogen and oxygen atoms in total. The highest BCUT2D eigenvalue weighted by atomic mass is 16.5. The molecule has 10 heavy (non-hydrogen) atoms. The number of rotatable bonds is 1. The Bertz CT molecular complexity index is 110. The Morgan fingerprint density at radius 1 is 1.50 bits per heavy atom. The second kappa shape index (κ2) is 2.89. The fourth-order valence-corrected chi connectivity index (χ4v) is 1.66. The van der Waals surface area contributed by atoms with E-state index in [1.54, 1.807) is 7.11 Å². The van der Waals surface area contributed by atoms with Crippen LogP contribution in [0, 0.1) is 0 Å². The standard InChI is InChI=1S/C8H16O2/c1-8(9)6-4-3-5-7(8)10-2/h7,9H,3-6H2,1-2H3/t7-,8-/m0/s1. The second-order valence-electron chi connectivity index (χ2n) is 3.33. The molecule has 1 saturated carbocycles. The molecule has 1 N–H and O–H groups in total. The summed E-state index contributed by atoms with van der Waals surface area (Å²) in [6.07, 6.45) is 4.26. The van der Waals surface area contributed by atoms with E-state index < -0.39 is 5.60 Å². The topological polar surface area (TPSA) is 29.5 Å². The Kier molecular flexibility index (Phi) is 2.32. The molecule has 0 aromatic carbocycles. The highest BCUT2D eigenvalue weighted by Gasteiger charge is 2.34. The van der Waals surface area contributed by atoms with Crippen LogP contribution in [0.3, 0.4) is 0 Å². The summed E-state index contributed by atoms with van der Waals surface area (Å²) in [4.78, 5) is 0. The van der Waals surface area contributed by atoms with Crippen molar-refractivity contribution in [2.45, 2.75) is 44.3 Å². The van der Waals surface area contributed by atoms with E-state index in [4.69, 9.17) is 4.74 Å². The van der Waals surface area contributed by atoms with Crippen LogP contribution in [-0.4, -0.2) is 23.9 Å². The van der Waals surface area contributed by atoms with Gasteiger partial charge < -0.3 is 9.84 Å². The fourth-order valence-electron chi connectivity index (χ4n) is 1.66. The molecular weight excluding hydrogens is 128 g/mol. The smallest absolute Gasteiger partial charge is 0.0880 e. The normalized spacial score (nSPS) is 41.7. The number of hydrogen-bond acceptors (Lipinski definition) is 2. The zero-order valence-electron chi connectivity index (χ0n) is 6.76. The van der Waals surface area contributed by atoms with Crippen molar-refractivity contribution in [3.8, 4) is 0 Å². The van der Waals surface area contributed by atoms with Gasteiger partial charge in [-0.3, -0.25) is 0 Å². The maximum Gasteiger partial charge on any atom is 0.0880 e. The first-order valence-corrected chi connectivity index (χ1v) is 3.92. The Balaban J connectivity index is 2.51. The van der Waals surface area contributed by atoms with Crippen molar-refractivity contribution in [1.29, 1.82) is 0 Å². The maximum absolute atomic E-state index is 9.71. The summed E-state index contributed by atoms with van der Waals surface area (Å²) < 4.78 is 5.16. The first-order valence-electron chi connectivity index (χ1n) is 3.92. The van der Waals surface area contributed by atoms with E-state index >= 15 is 0 Å². The zero-order valence-corrected chi connectivity index (χ0v) is 6.76. The van der Waals surface area contributed by atoms with Crippen LogP contribution >= 0.6 is 0 Å². The van der Waals surface area contributed by atoms with Crippen LogP contribution in [0.1, 0.15) is 32.6 Å². The lowest BCUT2D eigenvalue weighted by Crippen LogP contribution is -2.42. The molecule has 0 radical (unpaired) electrons. The van der Waals surface area contributed by atoms with E-state index in [0.29, 0.717) is 0 Å². The molecule has 2 heteroatoms. The van der Waals surface area contributed by atoms with Crippen molar-refractivity contribution < 1.29 is 9.84 Å². The molecule has 1 rings (SSSR count). The largest absolute Gasteiger partial charge is 0.387 e. The predicted molar refractivity (Wildman–Crippen MR) is 39.9 cm³/mol. The van der Waals surface area contributed by atoms with E-state index in [-0.39, 0.29) is 6.10 Å². The molecular formula is C8H16O2. The average Bonchev–Trinajstić information content (AvgIpc) is 1.87. The fraction of sp³-hybridized carbons (Fsp3) is 1.00. The second-order valence-corrected chi connectivity index (χ2v) is 3.33. The van der Waals surface area contributed by atoms with Crippen molar-refractivity contribution in [3.63, 3.8) is 0 Å². The van der Waals surface area contributed by atoms with Crippen LogP contribution in [0.25, 0.3) is 0 Å². The third kappa shape index (κ3) is 1.50. The van der Waals surface area contributed by atoms with Crippen LogP contribution < -0.4 is 0 Å². The Morgan fingerprint density at radius 3 is 2.60 bits per heavy atom. The third-order valence-corrected chi connectivity index (χ3v) is 2.38. The molecule has 0 spiro atoms. The zero-order chi connectivity index (χ0) is 7.61. The minimum absolute atomic E-state index is 0.0567. The third-order valence-electron chi connectivity index (χ3n) is 2.38. The highest BCUT2D eigenvalue weighted by molar-refractivity contribution is 4.86. The number of ether oxygens (including phenoxy) is 1. The Labute approximate surface area is 62.2 Å². The van der Waals surface area contributed by atoms with E-state index in [2.05, 4.69) is 0 Å². The molecule has 0 aromatic heterocycles. The number of aliphatic hydroxyl groups is 1. The van der Waals surface area contributed by atoms with Crippen molar-refractivity contribution >= 4 is 0 Å². The summed E-state index contributed by atoms with van der Waals surface area (Å²) >= 11 is 0. The molecule has 0 amide bonds. The molecule has 1 fully saturated rings. The van der Waals surface area contributed by atoms with Crippen LogP contribution in [0.15, 0.2) is 0 Å². The van der Waals surface area contributed by atoms with Gasteiger partial charge in [0.2, 0.25) is 0 Å².